The van der Waals surface area contributed by atoms with Gasteiger partial charge >= 0.3 is 6.09 Å². The Morgan fingerprint density at radius 1 is 1.21 bits per heavy atom. The summed E-state index contributed by atoms with van der Waals surface area (Å²) < 4.78 is 7.36. The highest BCUT2D eigenvalue weighted by atomic mass is 16.5. The van der Waals surface area contributed by atoms with E-state index in [9.17, 15) is 14.7 Å². The Bertz CT molecular complexity index is 1030. The Hall–Kier alpha value is -2.91. The van der Waals surface area contributed by atoms with E-state index in [1.54, 1.807) is 11.8 Å². The van der Waals surface area contributed by atoms with Crippen molar-refractivity contribution in [1.82, 2.24) is 19.6 Å². The molecule has 1 aromatic carbocycles. The number of fused-ring (bicyclic) bond motifs is 1. The third-order valence-corrected chi connectivity index (χ3v) is 6.82. The van der Waals surface area contributed by atoms with Crippen molar-refractivity contribution < 1.29 is 19.4 Å². The number of carbonyl (C=O) groups excluding carboxylic acids is 1. The van der Waals surface area contributed by atoms with Crippen LogP contribution in [-0.2, 0) is 16.1 Å². The lowest BCUT2D eigenvalue weighted by Crippen LogP contribution is -2.48. The van der Waals surface area contributed by atoms with E-state index in [1.807, 2.05) is 56.0 Å². The maximum Gasteiger partial charge on any atom is 0.408 e. The second-order valence-electron chi connectivity index (χ2n) is 9.49. The van der Waals surface area contributed by atoms with Crippen molar-refractivity contribution in [3.8, 4) is 11.1 Å². The molecule has 1 aromatic heterocycles. The Kier molecular flexibility index (Phi) is 7.23. The highest BCUT2D eigenvalue weighted by Crippen LogP contribution is 2.43. The molecule has 1 N–H and O–H groups in total. The average molecular weight is 470 g/mol. The molecule has 9 heteroatoms. The lowest BCUT2D eigenvalue weighted by atomic mass is 9.88. The van der Waals surface area contributed by atoms with Gasteiger partial charge in [-0.2, -0.15) is 5.10 Å². The average Bonchev–Trinajstić information content (AvgIpc) is 3.26. The molecule has 1 fully saturated rings. The number of aromatic nitrogens is 2. The molecule has 2 unspecified atom stereocenters. The molecule has 0 saturated carbocycles. The predicted octanol–water partition coefficient (Wildman–Crippen LogP) is 3.46. The van der Waals surface area contributed by atoms with E-state index in [0.717, 1.165) is 61.8 Å². The number of amides is 2. The molecule has 2 amide bonds. The van der Waals surface area contributed by atoms with Crippen LogP contribution < -0.4 is 4.90 Å². The van der Waals surface area contributed by atoms with Gasteiger partial charge in [0.25, 0.3) is 0 Å². The number of rotatable bonds is 6. The first-order chi connectivity index (χ1) is 16.3. The minimum Gasteiger partial charge on any atom is -0.465 e. The highest BCUT2D eigenvalue weighted by Gasteiger charge is 2.38. The van der Waals surface area contributed by atoms with Crippen LogP contribution in [0.1, 0.15) is 45.7 Å². The molecule has 2 aliphatic rings. The summed E-state index contributed by atoms with van der Waals surface area (Å²) in [6, 6.07) is 5.37. The van der Waals surface area contributed by atoms with Gasteiger partial charge in [0.1, 0.15) is 0 Å². The normalized spacial score (nSPS) is 20.9. The monoisotopic (exact) mass is 469 g/mol. The summed E-state index contributed by atoms with van der Waals surface area (Å²) in [5, 5.41) is 14.5. The van der Waals surface area contributed by atoms with Crippen LogP contribution in [-0.4, -0.2) is 81.6 Å². The maximum atomic E-state index is 12.4. The molecule has 184 valence electrons. The lowest BCUT2D eigenvalue weighted by molar-refractivity contribution is -0.117. The zero-order valence-electron chi connectivity index (χ0n) is 20.5. The van der Waals surface area contributed by atoms with E-state index in [4.69, 9.17) is 4.74 Å². The predicted molar refractivity (Wildman–Crippen MR) is 130 cm³/mol. The summed E-state index contributed by atoms with van der Waals surface area (Å²) in [4.78, 5) is 30.3. The number of hydrogen-bond acceptors (Lipinski definition) is 5. The standard InChI is InChI=1S/C25H35N5O4/c1-17(2)29(25(32)33)24-13-18(3)30(19(4)31)23-6-5-20(14-22(23)24)21-15-26-28(16-21)8-7-27-9-11-34-12-10-27/h5-6,14-18,24H,7-13H2,1-4H3,(H,32,33). The third-order valence-electron chi connectivity index (χ3n) is 6.82. The number of carboxylic acid groups (broad SMARTS) is 1. The van der Waals surface area contributed by atoms with E-state index in [-0.39, 0.29) is 24.0 Å². The number of nitrogens with zero attached hydrogens (tertiary/aromatic N) is 5. The molecular formula is C25H35N5O4. The van der Waals surface area contributed by atoms with Crippen LogP contribution >= 0.6 is 0 Å². The van der Waals surface area contributed by atoms with Crippen molar-refractivity contribution in [2.75, 3.05) is 37.7 Å². The second-order valence-corrected chi connectivity index (χ2v) is 9.49. The van der Waals surface area contributed by atoms with E-state index in [2.05, 4.69) is 10.00 Å². The van der Waals surface area contributed by atoms with Crippen molar-refractivity contribution in [3.05, 3.63) is 36.2 Å². The van der Waals surface area contributed by atoms with Gasteiger partial charge in [0, 0.05) is 56.1 Å². The Balaban J connectivity index is 1.64. The van der Waals surface area contributed by atoms with Crippen molar-refractivity contribution in [1.29, 1.82) is 0 Å². The van der Waals surface area contributed by atoms with Crippen LogP contribution in [0.25, 0.3) is 11.1 Å². The van der Waals surface area contributed by atoms with Crippen LogP contribution in [0, 0.1) is 0 Å². The van der Waals surface area contributed by atoms with Crippen LogP contribution in [0.15, 0.2) is 30.6 Å². The van der Waals surface area contributed by atoms with Crippen LogP contribution in [0.5, 0.6) is 0 Å². The second kappa shape index (κ2) is 10.1. The molecular weight excluding hydrogens is 434 g/mol. The zero-order valence-corrected chi connectivity index (χ0v) is 20.5. The first kappa shape index (κ1) is 24.2. The molecule has 4 rings (SSSR count). The number of benzene rings is 1. The quantitative estimate of drug-likeness (QED) is 0.697. The van der Waals surface area contributed by atoms with Crippen LogP contribution in [0.2, 0.25) is 0 Å². The smallest absolute Gasteiger partial charge is 0.408 e. The third kappa shape index (κ3) is 4.95. The van der Waals surface area contributed by atoms with Gasteiger partial charge in [-0.05, 0) is 50.5 Å². The van der Waals surface area contributed by atoms with Gasteiger partial charge in [0.05, 0.1) is 32.0 Å². The zero-order chi connectivity index (χ0) is 24.4. The Morgan fingerprint density at radius 3 is 2.59 bits per heavy atom. The number of morpholine rings is 1. The van der Waals surface area contributed by atoms with Gasteiger partial charge in [-0.25, -0.2) is 4.79 Å². The molecule has 3 heterocycles. The fourth-order valence-electron chi connectivity index (χ4n) is 5.17. The largest absolute Gasteiger partial charge is 0.465 e. The van der Waals surface area contributed by atoms with E-state index in [0.29, 0.717) is 6.42 Å². The molecule has 2 aromatic rings. The number of carbonyl (C=O) groups is 2. The summed E-state index contributed by atoms with van der Waals surface area (Å²) in [6.07, 6.45) is 3.49. The lowest BCUT2D eigenvalue weighted by Gasteiger charge is -2.43. The van der Waals surface area contributed by atoms with Gasteiger partial charge in [0.15, 0.2) is 0 Å². The van der Waals surface area contributed by atoms with Crippen molar-refractivity contribution in [2.45, 2.75) is 58.8 Å². The van der Waals surface area contributed by atoms with E-state index >= 15 is 0 Å². The molecule has 0 aliphatic carbocycles. The van der Waals surface area contributed by atoms with Gasteiger partial charge in [-0.15, -0.1) is 0 Å². The van der Waals surface area contributed by atoms with E-state index < -0.39 is 6.09 Å². The number of hydrogen-bond donors (Lipinski definition) is 1. The molecule has 0 spiro atoms. The topological polar surface area (TPSA) is 91.1 Å². The summed E-state index contributed by atoms with van der Waals surface area (Å²) in [5.41, 5.74) is 3.59. The number of ether oxygens (including phenoxy) is 1. The summed E-state index contributed by atoms with van der Waals surface area (Å²) in [5.74, 6) is -0.0395. The minimum atomic E-state index is -0.948. The fourth-order valence-corrected chi connectivity index (χ4v) is 5.17. The summed E-state index contributed by atoms with van der Waals surface area (Å²) in [6.45, 7) is 12.5. The van der Waals surface area contributed by atoms with Crippen LogP contribution in [0.4, 0.5) is 10.5 Å². The van der Waals surface area contributed by atoms with Crippen molar-refractivity contribution in [3.63, 3.8) is 0 Å². The SMILES string of the molecule is CC(=O)N1c2ccc(-c3cnn(CCN4CCOCC4)c3)cc2C(N(C(=O)O)C(C)C)CC1C. The molecule has 34 heavy (non-hydrogen) atoms. The summed E-state index contributed by atoms with van der Waals surface area (Å²) in [7, 11) is 0. The molecule has 1 saturated heterocycles. The van der Waals surface area contributed by atoms with E-state index in [1.165, 1.54) is 4.90 Å². The van der Waals surface area contributed by atoms with Crippen molar-refractivity contribution in [2.24, 2.45) is 0 Å². The van der Waals surface area contributed by atoms with Crippen LogP contribution in [0.3, 0.4) is 0 Å². The Labute approximate surface area is 200 Å². The fraction of sp³-hybridized carbons (Fsp3) is 0.560. The Morgan fingerprint density at radius 2 is 1.94 bits per heavy atom. The van der Waals surface area contributed by atoms with Gasteiger partial charge < -0.3 is 14.7 Å². The minimum absolute atomic E-state index is 0.0395. The maximum absolute atomic E-state index is 12.4. The van der Waals surface area contributed by atoms with Gasteiger partial charge in [-0.3, -0.25) is 19.3 Å². The van der Waals surface area contributed by atoms with Gasteiger partial charge in [0.2, 0.25) is 5.91 Å². The molecule has 2 atom stereocenters. The first-order valence-corrected chi connectivity index (χ1v) is 12.0. The molecule has 0 radical (unpaired) electrons. The first-order valence-electron chi connectivity index (χ1n) is 12.0. The molecule has 0 bridgehead atoms. The van der Waals surface area contributed by atoms with Crippen molar-refractivity contribution >= 4 is 17.7 Å². The van der Waals surface area contributed by atoms with Gasteiger partial charge in [-0.1, -0.05) is 6.07 Å². The summed E-state index contributed by atoms with van der Waals surface area (Å²) >= 11 is 0. The molecule has 9 nitrogen and oxygen atoms in total. The highest BCUT2D eigenvalue weighted by molar-refractivity contribution is 5.94. The number of anilines is 1. The molecule has 2 aliphatic heterocycles.